The monoisotopic (exact) mass is 430 g/mol. The molecule has 1 atom stereocenters. The summed E-state index contributed by atoms with van der Waals surface area (Å²) >= 11 is 0. The zero-order valence-corrected chi connectivity index (χ0v) is 18.2. The zero-order chi connectivity index (χ0) is 21.5. The fourth-order valence-corrected chi connectivity index (χ4v) is 5.31. The van der Waals surface area contributed by atoms with Crippen LogP contribution in [0.4, 0.5) is 0 Å². The summed E-state index contributed by atoms with van der Waals surface area (Å²) in [7, 11) is -1.12. The minimum Gasteiger partial charge on any atom is -0.493 e. The normalized spacial score (nSPS) is 18.5. The molecule has 1 N–H and O–H groups in total. The number of hydrogen-bond acceptors (Lipinski definition) is 6. The highest BCUT2D eigenvalue weighted by atomic mass is 32.2. The molecule has 0 aromatic heterocycles. The van der Waals surface area contributed by atoms with Crippen molar-refractivity contribution in [1.82, 2.24) is 0 Å². The fraction of sp³-hybridized carbons (Fsp3) is 0.391. The van der Waals surface area contributed by atoms with Gasteiger partial charge < -0.3 is 18.8 Å². The smallest absolute Gasteiger partial charge is 0.339 e. The Hall–Kier alpha value is -2.51. The summed E-state index contributed by atoms with van der Waals surface area (Å²) in [5.41, 5.74) is 4.50. The first kappa shape index (κ1) is 20.8. The highest BCUT2D eigenvalue weighted by Crippen LogP contribution is 2.51. The maximum absolute atomic E-state index is 13.1. The van der Waals surface area contributed by atoms with Crippen molar-refractivity contribution in [3.63, 3.8) is 0 Å². The molecule has 0 spiro atoms. The Bertz CT molecular complexity index is 1100. The van der Waals surface area contributed by atoms with E-state index in [1.165, 1.54) is 26.4 Å². The van der Waals surface area contributed by atoms with Gasteiger partial charge in [-0.1, -0.05) is 17.7 Å². The lowest BCUT2D eigenvalue weighted by Gasteiger charge is -2.21. The first-order chi connectivity index (χ1) is 14.4. The lowest BCUT2D eigenvalue weighted by molar-refractivity contribution is 0.199. The molecule has 7 heteroatoms. The van der Waals surface area contributed by atoms with Gasteiger partial charge in [0.15, 0.2) is 11.5 Å². The molecule has 0 amide bonds. The Morgan fingerprint density at radius 3 is 2.40 bits per heavy atom. The standard InChI is InChI=1S/C23H26O6S/c1-14-7-10-16(11-8-14)30(25,26)29-23-21-15(13-20(27-2)22(23)28-3)9-12-19(24)17-5-4-6-18(17)21/h7-8,10-11,13,19,24H,4-6,9,12H2,1-3H3/t19-/m1/s1. The van der Waals surface area contributed by atoms with Crippen molar-refractivity contribution < 1.29 is 27.2 Å². The first-order valence-electron chi connectivity index (χ1n) is 10.0. The highest BCUT2D eigenvalue weighted by molar-refractivity contribution is 7.87. The topological polar surface area (TPSA) is 82.1 Å². The molecule has 6 nitrogen and oxygen atoms in total. The van der Waals surface area contributed by atoms with Gasteiger partial charge in [-0.3, -0.25) is 0 Å². The molecule has 0 radical (unpaired) electrons. The number of hydrogen-bond donors (Lipinski definition) is 1. The van der Waals surface area contributed by atoms with Crippen LogP contribution < -0.4 is 13.7 Å². The molecular weight excluding hydrogens is 404 g/mol. The summed E-state index contributed by atoms with van der Waals surface area (Å²) in [5, 5.41) is 10.6. The highest BCUT2D eigenvalue weighted by Gasteiger charge is 2.34. The van der Waals surface area contributed by atoms with E-state index in [0.29, 0.717) is 24.2 Å². The number of ether oxygens (including phenoxy) is 2. The summed E-state index contributed by atoms with van der Waals surface area (Å²) in [6.45, 7) is 1.89. The average Bonchev–Trinajstić information content (AvgIpc) is 3.16. The van der Waals surface area contributed by atoms with Crippen molar-refractivity contribution in [3.8, 4) is 17.2 Å². The van der Waals surface area contributed by atoms with E-state index in [-0.39, 0.29) is 16.4 Å². The van der Waals surface area contributed by atoms with E-state index in [9.17, 15) is 13.5 Å². The predicted molar refractivity (Wildman–Crippen MR) is 114 cm³/mol. The molecule has 160 valence electrons. The second-order valence-corrected chi connectivity index (χ2v) is 9.28. The molecule has 0 aliphatic heterocycles. The molecule has 0 saturated carbocycles. The van der Waals surface area contributed by atoms with Gasteiger partial charge in [-0.2, -0.15) is 8.42 Å². The van der Waals surface area contributed by atoms with Crippen molar-refractivity contribution in [2.24, 2.45) is 0 Å². The van der Waals surface area contributed by atoms with Crippen LogP contribution in [0.2, 0.25) is 0 Å². The summed E-state index contributed by atoms with van der Waals surface area (Å²) in [5.74, 6) is 0.778. The Morgan fingerprint density at radius 1 is 1.00 bits per heavy atom. The molecule has 0 fully saturated rings. The van der Waals surface area contributed by atoms with Gasteiger partial charge in [-0.05, 0) is 73.9 Å². The molecule has 0 unspecified atom stereocenters. The van der Waals surface area contributed by atoms with Crippen LogP contribution in [-0.4, -0.2) is 33.8 Å². The van der Waals surface area contributed by atoms with Crippen LogP contribution in [0.5, 0.6) is 17.2 Å². The minimum absolute atomic E-state index is 0.0704. The molecule has 2 aliphatic carbocycles. The second-order valence-electron chi connectivity index (χ2n) is 7.74. The van der Waals surface area contributed by atoms with Crippen molar-refractivity contribution in [2.45, 2.75) is 50.0 Å². The Balaban J connectivity index is 1.93. The van der Waals surface area contributed by atoms with Gasteiger partial charge in [0.05, 0.1) is 20.3 Å². The molecular formula is C23H26O6S. The SMILES string of the molecule is COc1cc2c(c(OS(=O)(=O)c3ccc(C)cc3)c1OC)C1=C(CCC1)[C@H](O)CC2. The molecule has 0 heterocycles. The molecule has 0 bridgehead atoms. The van der Waals surface area contributed by atoms with Gasteiger partial charge in [0.2, 0.25) is 5.75 Å². The third-order valence-electron chi connectivity index (χ3n) is 5.86. The van der Waals surface area contributed by atoms with Crippen molar-refractivity contribution >= 4 is 15.7 Å². The van der Waals surface area contributed by atoms with E-state index in [0.717, 1.165) is 41.5 Å². The molecule has 2 aromatic carbocycles. The van der Waals surface area contributed by atoms with E-state index in [4.69, 9.17) is 13.7 Å². The minimum atomic E-state index is -4.10. The number of methoxy groups -OCH3 is 2. The summed E-state index contributed by atoms with van der Waals surface area (Å²) in [6, 6.07) is 8.38. The van der Waals surface area contributed by atoms with Crippen LogP contribution in [0.3, 0.4) is 0 Å². The van der Waals surface area contributed by atoms with Crippen molar-refractivity contribution in [1.29, 1.82) is 0 Å². The molecule has 4 rings (SSSR count). The quantitative estimate of drug-likeness (QED) is 0.722. The van der Waals surface area contributed by atoms with Crippen LogP contribution >= 0.6 is 0 Å². The lowest BCUT2D eigenvalue weighted by atomic mass is 9.95. The van der Waals surface area contributed by atoms with E-state index in [1.54, 1.807) is 12.1 Å². The van der Waals surface area contributed by atoms with Crippen molar-refractivity contribution in [3.05, 3.63) is 52.6 Å². The number of benzene rings is 2. The average molecular weight is 431 g/mol. The zero-order valence-electron chi connectivity index (χ0n) is 17.4. The van der Waals surface area contributed by atoms with Gasteiger partial charge >= 0.3 is 10.1 Å². The van der Waals surface area contributed by atoms with Gasteiger partial charge in [0.1, 0.15) is 4.90 Å². The van der Waals surface area contributed by atoms with E-state index < -0.39 is 16.2 Å². The number of rotatable bonds is 5. The van der Waals surface area contributed by atoms with Crippen molar-refractivity contribution in [2.75, 3.05) is 14.2 Å². The Labute approximate surface area is 177 Å². The first-order valence-corrected chi connectivity index (χ1v) is 11.5. The Morgan fingerprint density at radius 2 is 1.73 bits per heavy atom. The Kier molecular flexibility index (Phi) is 5.51. The number of allylic oxidation sites excluding steroid dienone is 1. The maximum Gasteiger partial charge on any atom is 0.339 e. The van der Waals surface area contributed by atoms with Crippen LogP contribution in [0.25, 0.3) is 5.57 Å². The van der Waals surface area contributed by atoms with Gasteiger partial charge in [-0.25, -0.2) is 0 Å². The third-order valence-corrected chi connectivity index (χ3v) is 7.10. The molecule has 2 aromatic rings. The largest absolute Gasteiger partial charge is 0.493 e. The molecule has 30 heavy (non-hydrogen) atoms. The predicted octanol–water partition coefficient (Wildman–Crippen LogP) is 4.02. The van der Waals surface area contributed by atoms with E-state index >= 15 is 0 Å². The number of aliphatic hydroxyl groups is 1. The third kappa shape index (κ3) is 3.56. The maximum atomic E-state index is 13.1. The summed E-state index contributed by atoms with van der Waals surface area (Å²) < 4.78 is 43.0. The van der Waals surface area contributed by atoms with Crippen LogP contribution in [0.15, 0.2) is 40.8 Å². The fourth-order valence-electron chi connectivity index (χ4n) is 4.37. The van der Waals surface area contributed by atoms with Crippen LogP contribution in [-0.2, 0) is 16.5 Å². The lowest BCUT2D eigenvalue weighted by Crippen LogP contribution is -2.13. The second kappa shape index (κ2) is 7.96. The summed E-state index contributed by atoms with van der Waals surface area (Å²) in [6.07, 6.45) is 3.11. The van der Waals surface area contributed by atoms with Gasteiger partial charge in [-0.15, -0.1) is 0 Å². The van der Waals surface area contributed by atoms with Gasteiger partial charge in [0.25, 0.3) is 0 Å². The summed E-state index contributed by atoms with van der Waals surface area (Å²) in [4.78, 5) is 0.0704. The van der Waals surface area contributed by atoms with Crippen LogP contribution in [0, 0.1) is 6.92 Å². The molecule has 2 aliphatic rings. The molecule has 0 saturated heterocycles. The van der Waals surface area contributed by atoms with E-state index in [2.05, 4.69) is 0 Å². The number of aryl methyl sites for hydroxylation is 2. The van der Waals surface area contributed by atoms with Gasteiger partial charge in [0, 0.05) is 5.56 Å². The number of aliphatic hydroxyl groups excluding tert-OH is 1. The van der Waals surface area contributed by atoms with E-state index in [1.807, 2.05) is 13.0 Å². The number of fused-ring (bicyclic) bond motifs is 2. The van der Waals surface area contributed by atoms with Crippen LogP contribution in [0.1, 0.15) is 42.4 Å².